The third-order valence-electron chi connectivity index (χ3n) is 13.1. The Morgan fingerprint density at radius 1 is 1.13 bits per heavy atom. The first kappa shape index (κ1) is 43.0. The molecule has 4 aromatic rings. The Morgan fingerprint density at radius 2 is 1.92 bits per heavy atom. The lowest BCUT2D eigenvalue weighted by Crippen LogP contribution is -2.63. The maximum Gasteiger partial charge on any atom is 0.324 e. The molecule has 61 heavy (non-hydrogen) atoms. The summed E-state index contributed by atoms with van der Waals surface area (Å²) in [5.41, 5.74) is 9.02. The van der Waals surface area contributed by atoms with Crippen LogP contribution >= 0.6 is 11.3 Å². The minimum atomic E-state index is -1.01. The van der Waals surface area contributed by atoms with E-state index in [2.05, 4.69) is 65.2 Å². The molecule has 3 aromatic heterocycles. The molecule has 3 fully saturated rings. The summed E-state index contributed by atoms with van der Waals surface area (Å²) in [5, 5.41) is 8.30. The number of aromatic nitrogens is 3. The second-order valence-corrected chi connectivity index (χ2v) is 19.6. The highest BCUT2D eigenvalue weighted by Crippen LogP contribution is 2.43. The zero-order chi connectivity index (χ0) is 43.4. The number of likely N-dealkylation sites (tertiary alicyclic amines) is 2. The fraction of sp³-hybridized carbons (Fsp3) is 0.565. The lowest BCUT2D eigenvalue weighted by atomic mass is 9.79. The third kappa shape index (κ3) is 8.10. The number of rotatable bonds is 8. The molecular formula is C46H60N8O6S. The highest BCUT2D eigenvalue weighted by Gasteiger charge is 2.56. The van der Waals surface area contributed by atoms with Crippen LogP contribution in [-0.2, 0) is 48.0 Å². The molecule has 3 amide bonds. The zero-order valence-electron chi connectivity index (χ0n) is 36.7. The highest BCUT2D eigenvalue weighted by molar-refractivity contribution is 7.10. The van der Waals surface area contributed by atoms with Crippen LogP contribution in [0.1, 0.15) is 83.2 Å². The van der Waals surface area contributed by atoms with Crippen molar-refractivity contribution in [2.45, 2.75) is 104 Å². The molecule has 15 heteroatoms. The van der Waals surface area contributed by atoms with Crippen LogP contribution in [0.25, 0.3) is 33.4 Å². The van der Waals surface area contributed by atoms with Gasteiger partial charge in [-0.1, -0.05) is 33.8 Å². The molecule has 326 valence electrons. The van der Waals surface area contributed by atoms with Gasteiger partial charge in [-0.05, 0) is 82.3 Å². The van der Waals surface area contributed by atoms with E-state index < -0.39 is 34.9 Å². The monoisotopic (exact) mass is 852 g/mol. The van der Waals surface area contributed by atoms with E-state index in [1.54, 1.807) is 18.2 Å². The van der Waals surface area contributed by atoms with Gasteiger partial charge in [0, 0.05) is 85.3 Å². The maximum absolute atomic E-state index is 14.6. The zero-order valence-corrected chi connectivity index (χ0v) is 37.6. The van der Waals surface area contributed by atoms with Crippen molar-refractivity contribution in [2.75, 3.05) is 46.9 Å². The Hall–Kier alpha value is -4.70. The lowest BCUT2D eigenvalue weighted by Gasteiger charge is -2.45. The predicted octanol–water partition coefficient (Wildman–Crippen LogP) is 5.39. The van der Waals surface area contributed by atoms with Crippen molar-refractivity contribution >= 4 is 45.9 Å². The summed E-state index contributed by atoms with van der Waals surface area (Å²) in [6.45, 7) is 15.3. The summed E-state index contributed by atoms with van der Waals surface area (Å²) in [6.07, 6.45) is 4.07. The number of ether oxygens (including phenoxy) is 2. The molecular weight excluding hydrogens is 793 g/mol. The normalized spacial score (nSPS) is 22.9. The number of hydrazine groups is 1. The molecule has 3 saturated heterocycles. The molecule has 1 spiro atoms. The topological polar surface area (TPSA) is 151 Å². The van der Waals surface area contributed by atoms with Crippen LogP contribution in [0.2, 0.25) is 0 Å². The van der Waals surface area contributed by atoms with Gasteiger partial charge < -0.3 is 29.2 Å². The summed E-state index contributed by atoms with van der Waals surface area (Å²) in [6, 6.07) is 7.99. The molecule has 14 nitrogen and oxygen atoms in total. The van der Waals surface area contributed by atoms with E-state index in [1.807, 2.05) is 39.3 Å². The number of nitrogens with zero attached hydrogens (tertiary/aromatic N) is 6. The first-order chi connectivity index (χ1) is 29.1. The van der Waals surface area contributed by atoms with Crippen molar-refractivity contribution in [3.05, 3.63) is 58.2 Å². The number of carbonyl (C=O) groups is 4. The van der Waals surface area contributed by atoms with Gasteiger partial charge in [0.25, 0.3) is 5.91 Å². The fourth-order valence-corrected chi connectivity index (χ4v) is 10.9. The number of hydrogen-bond acceptors (Lipinski definition) is 11. The summed E-state index contributed by atoms with van der Waals surface area (Å²) >= 11 is 1.44. The van der Waals surface area contributed by atoms with Gasteiger partial charge in [0.05, 0.1) is 40.2 Å². The maximum atomic E-state index is 14.6. The van der Waals surface area contributed by atoms with Crippen LogP contribution < -0.4 is 10.7 Å². The molecule has 4 atom stereocenters. The minimum absolute atomic E-state index is 0.00853. The van der Waals surface area contributed by atoms with E-state index in [9.17, 15) is 19.2 Å². The van der Waals surface area contributed by atoms with E-state index in [0.717, 1.165) is 44.7 Å². The third-order valence-corrected chi connectivity index (χ3v) is 14.0. The second kappa shape index (κ2) is 16.9. The first-order valence-corrected chi connectivity index (χ1v) is 22.6. The van der Waals surface area contributed by atoms with Crippen molar-refractivity contribution in [2.24, 2.45) is 16.7 Å². The lowest BCUT2D eigenvalue weighted by molar-refractivity contribution is -0.155. The van der Waals surface area contributed by atoms with Gasteiger partial charge in [-0.3, -0.25) is 29.2 Å². The smallest absolute Gasteiger partial charge is 0.324 e. The molecule has 0 saturated carbocycles. The van der Waals surface area contributed by atoms with Gasteiger partial charge in [-0.25, -0.2) is 10.4 Å². The largest absolute Gasteiger partial charge is 0.464 e. The van der Waals surface area contributed by atoms with Gasteiger partial charge in [0.1, 0.15) is 18.1 Å². The van der Waals surface area contributed by atoms with Crippen LogP contribution in [0, 0.1) is 16.7 Å². The number of aryl methyl sites for hydroxylation is 1. The van der Waals surface area contributed by atoms with Gasteiger partial charge in [0.15, 0.2) is 0 Å². The Labute approximate surface area is 362 Å². The molecule has 4 aliphatic heterocycles. The number of esters is 1. The molecule has 0 aliphatic carbocycles. The van der Waals surface area contributed by atoms with E-state index in [4.69, 9.17) is 19.4 Å². The Kier molecular flexibility index (Phi) is 11.9. The number of thiazole rings is 1. The van der Waals surface area contributed by atoms with Crippen molar-refractivity contribution in [3.8, 4) is 22.5 Å². The van der Waals surface area contributed by atoms with Crippen LogP contribution in [-0.4, -0.2) is 118 Å². The van der Waals surface area contributed by atoms with Crippen LogP contribution in [0.5, 0.6) is 0 Å². The van der Waals surface area contributed by atoms with Gasteiger partial charge in [0.2, 0.25) is 11.8 Å². The Morgan fingerprint density at radius 3 is 2.64 bits per heavy atom. The van der Waals surface area contributed by atoms with Crippen molar-refractivity contribution in [1.29, 1.82) is 0 Å². The molecule has 1 aromatic carbocycles. The van der Waals surface area contributed by atoms with Crippen molar-refractivity contribution in [1.82, 2.24) is 40.1 Å². The number of fused-ring (bicyclic) bond motifs is 6. The summed E-state index contributed by atoms with van der Waals surface area (Å²) < 4.78 is 14.2. The van der Waals surface area contributed by atoms with E-state index in [-0.39, 0.29) is 42.8 Å². The number of methoxy groups -OCH3 is 1. The van der Waals surface area contributed by atoms with Crippen molar-refractivity contribution < 1.29 is 28.7 Å². The highest BCUT2D eigenvalue weighted by atomic mass is 32.1. The Balaban J connectivity index is 1.19. The molecule has 7 heterocycles. The first-order valence-electron chi connectivity index (χ1n) is 21.8. The molecule has 6 bridgehead atoms. The van der Waals surface area contributed by atoms with Crippen LogP contribution in [0.15, 0.2) is 41.9 Å². The van der Waals surface area contributed by atoms with E-state index in [1.165, 1.54) is 16.3 Å². The number of pyridine rings is 1. The predicted molar refractivity (Wildman–Crippen MR) is 234 cm³/mol. The molecule has 0 radical (unpaired) electrons. The standard InChI is InChI=1S/C46H60N8O6S/c1-9-52-36-15-14-29-20-31(36)32(40(52)30-12-10-17-47-38(30)28(4)59-8)22-45(5,6)26-60-43(57)33-13-11-18-54(50-33)42(56)34(21-37-48-35(29)23-61-37)49-41(55)39(27(2)3)53-19-16-46(44(53)58)24-51(7)25-46/h10,12,14-15,17,20,23,27-28,33-34,39,50H,9,11,13,16,18-19,21-22,24-26H2,1-8H3,(H,49,55)/t28-,33-,34-,39-/m0/s1. The SMILES string of the molecule is CCn1c(-c2cccnc2[C@H](C)OC)c2c3cc(ccc31)-c1csc(n1)C[C@H](NC(=O)[C@H](C(C)C)N1CCC3(CN(C)C3)C1=O)C(=O)N1CCC[C@H](N1)C(=O)OCC(C)(C)C2. The van der Waals surface area contributed by atoms with Crippen LogP contribution in [0.4, 0.5) is 0 Å². The summed E-state index contributed by atoms with van der Waals surface area (Å²) in [4.78, 5) is 70.4. The molecule has 8 rings (SSSR count). The number of nitrogens with one attached hydrogen (secondary N) is 2. The molecule has 4 aliphatic rings. The van der Waals surface area contributed by atoms with Gasteiger partial charge in [-0.15, -0.1) is 11.3 Å². The number of cyclic esters (lactones) is 1. The van der Waals surface area contributed by atoms with Crippen LogP contribution in [0.3, 0.4) is 0 Å². The second-order valence-electron chi connectivity index (χ2n) is 18.7. The minimum Gasteiger partial charge on any atom is -0.464 e. The average molecular weight is 853 g/mol. The molecule has 2 N–H and O–H groups in total. The number of hydrogen-bond donors (Lipinski definition) is 2. The average Bonchev–Trinajstić information content (AvgIpc) is 3.92. The number of benzene rings is 1. The van der Waals surface area contributed by atoms with Gasteiger partial charge in [-0.2, -0.15) is 0 Å². The quantitative estimate of drug-likeness (QED) is 0.221. The van der Waals surface area contributed by atoms with E-state index >= 15 is 0 Å². The van der Waals surface area contributed by atoms with Gasteiger partial charge >= 0.3 is 5.97 Å². The number of amides is 3. The number of carbonyl (C=O) groups excluding carboxylic acids is 4. The van der Waals surface area contributed by atoms with Crippen molar-refractivity contribution in [3.63, 3.8) is 0 Å². The summed E-state index contributed by atoms with van der Waals surface area (Å²) in [7, 11) is 3.69. The van der Waals surface area contributed by atoms with E-state index in [0.29, 0.717) is 63.4 Å². The Bertz CT molecular complexity index is 2330. The molecule has 0 unspecified atom stereocenters. The fourth-order valence-electron chi connectivity index (χ4n) is 10.0. The summed E-state index contributed by atoms with van der Waals surface area (Å²) in [5.74, 6) is -1.35.